The van der Waals surface area contributed by atoms with Crippen molar-refractivity contribution in [1.82, 2.24) is 19.7 Å². The molecule has 1 aromatic heterocycles. The lowest BCUT2D eigenvalue weighted by atomic mass is 10.0. The number of aliphatic hydroxyl groups is 1. The van der Waals surface area contributed by atoms with E-state index in [1.54, 1.807) is 6.33 Å². The van der Waals surface area contributed by atoms with E-state index in [4.69, 9.17) is 0 Å². The van der Waals surface area contributed by atoms with Crippen LogP contribution in [0.5, 0.6) is 0 Å². The Hall–Kier alpha value is -1.86. The number of benzene rings is 1. The maximum atomic E-state index is 13.7. The van der Waals surface area contributed by atoms with Crippen molar-refractivity contribution in [2.24, 2.45) is 0 Å². The maximum absolute atomic E-state index is 13.7. The highest BCUT2D eigenvalue weighted by atomic mass is 19.1. The average molecular weight is 308 g/mol. The lowest BCUT2D eigenvalue weighted by Gasteiger charge is -2.33. The van der Waals surface area contributed by atoms with E-state index in [9.17, 15) is 13.9 Å². The number of nitrogens with zero attached hydrogens (tertiary/aromatic N) is 4. The first-order valence-electron chi connectivity index (χ1n) is 7.33. The molecular formula is C15H18F2N4O. The molecule has 5 nitrogen and oxygen atoms in total. The van der Waals surface area contributed by atoms with E-state index in [-0.39, 0.29) is 5.56 Å². The summed E-state index contributed by atoms with van der Waals surface area (Å²) in [6.45, 7) is 1.93. The van der Waals surface area contributed by atoms with Crippen LogP contribution in [-0.4, -0.2) is 44.4 Å². The highest BCUT2D eigenvalue weighted by molar-refractivity contribution is 5.21. The molecule has 0 amide bonds. The van der Waals surface area contributed by atoms with Gasteiger partial charge in [-0.2, -0.15) is 5.10 Å². The van der Waals surface area contributed by atoms with Crippen molar-refractivity contribution in [1.29, 1.82) is 0 Å². The van der Waals surface area contributed by atoms with Gasteiger partial charge in [0, 0.05) is 31.3 Å². The summed E-state index contributed by atoms with van der Waals surface area (Å²) >= 11 is 0. The molecule has 0 aliphatic carbocycles. The van der Waals surface area contributed by atoms with E-state index >= 15 is 0 Å². The Morgan fingerprint density at radius 1 is 1.27 bits per heavy atom. The summed E-state index contributed by atoms with van der Waals surface area (Å²) in [6, 6.07) is 3.59. The number of rotatable bonds is 4. The Balaban J connectivity index is 1.56. The molecule has 1 unspecified atom stereocenters. The molecule has 0 spiro atoms. The third-order valence-electron chi connectivity index (χ3n) is 4.12. The van der Waals surface area contributed by atoms with Gasteiger partial charge >= 0.3 is 0 Å². The van der Waals surface area contributed by atoms with Crippen LogP contribution in [0.25, 0.3) is 0 Å². The second-order valence-corrected chi connectivity index (χ2v) is 5.59. The van der Waals surface area contributed by atoms with Crippen LogP contribution in [0.15, 0.2) is 30.9 Å². The predicted octanol–water partition coefficient (Wildman–Crippen LogP) is 1.93. The molecule has 1 aromatic carbocycles. The summed E-state index contributed by atoms with van der Waals surface area (Å²) in [5.41, 5.74) is 0.139. The molecule has 22 heavy (non-hydrogen) atoms. The zero-order valence-corrected chi connectivity index (χ0v) is 12.1. The second kappa shape index (κ2) is 6.50. The Bertz CT molecular complexity index is 612. The molecule has 1 fully saturated rings. The smallest absolute Gasteiger partial charge is 0.137 e. The minimum Gasteiger partial charge on any atom is -0.387 e. The first kappa shape index (κ1) is 15.1. The lowest BCUT2D eigenvalue weighted by molar-refractivity contribution is 0.0866. The molecule has 1 atom stereocenters. The molecule has 0 radical (unpaired) electrons. The fraction of sp³-hybridized carbons (Fsp3) is 0.467. The topological polar surface area (TPSA) is 54.2 Å². The lowest BCUT2D eigenvalue weighted by Crippen LogP contribution is -2.37. The van der Waals surface area contributed by atoms with Gasteiger partial charge < -0.3 is 10.0 Å². The molecule has 1 saturated heterocycles. The maximum Gasteiger partial charge on any atom is 0.137 e. The Kier molecular flexibility index (Phi) is 4.44. The van der Waals surface area contributed by atoms with Crippen molar-refractivity contribution in [3.63, 3.8) is 0 Å². The van der Waals surface area contributed by atoms with Gasteiger partial charge in [0.1, 0.15) is 24.3 Å². The standard InChI is InChI=1S/C15H18F2N4O/c16-11-1-2-13(14(17)7-11)15(22)8-20-5-3-12(4-6-20)21-10-18-9-19-21/h1-2,7,9-10,12,15,22H,3-6,8H2. The van der Waals surface area contributed by atoms with Gasteiger partial charge in [-0.1, -0.05) is 6.07 Å². The van der Waals surface area contributed by atoms with Crippen LogP contribution in [0.3, 0.4) is 0 Å². The number of β-amino-alcohol motifs (C(OH)–C–C–N with tert-alkyl or cyclic N) is 1. The van der Waals surface area contributed by atoms with Crippen molar-refractivity contribution in [3.8, 4) is 0 Å². The first-order chi connectivity index (χ1) is 10.6. The molecule has 3 rings (SSSR count). The van der Waals surface area contributed by atoms with Gasteiger partial charge in [0.2, 0.25) is 0 Å². The predicted molar refractivity (Wildman–Crippen MR) is 76.1 cm³/mol. The summed E-state index contributed by atoms with van der Waals surface area (Å²) in [4.78, 5) is 6.03. The van der Waals surface area contributed by atoms with E-state index in [2.05, 4.69) is 15.0 Å². The first-order valence-corrected chi connectivity index (χ1v) is 7.33. The summed E-state index contributed by atoms with van der Waals surface area (Å²) in [5.74, 6) is -1.34. The van der Waals surface area contributed by atoms with Crippen LogP contribution in [-0.2, 0) is 0 Å². The number of halogens is 2. The number of hydrogen-bond acceptors (Lipinski definition) is 4. The molecule has 0 saturated carbocycles. The molecule has 1 aliphatic heterocycles. The van der Waals surface area contributed by atoms with Crippen LogP contribution in [0, 0.1) is 11.6 Å². The monoisotopic (exact) mass is 308 g/mol. The van der Waals surface area contributed by atoms with Crippen molar-refractivity contribution < 1.29 is 13.9 Å². The average Bonchev–Trinajstić information content (AvgIpc) is 3.02. The second-order valence-electron chi connectivity index (χ2n) is 5.59. The van der Waals surface area contributed by atoms with Crippen LogP contribution in [0.1, 0.15) is 30.6 Å². The van der Waals surface area contributed by atoms with Crippen molar-refractivity contribution in [3.05, 3.63) is 48.1 Å². The Morgan fingerprint density at radius 3 is 2.68 bits per heavy atom. The van der Waals surface area contributed by atoms with Crippen molar-refractivity contribution >= 4 is 0 Å². The molecule has 1 aliphatic rings. The summed E-state index contributed by atoms with van der Waals surface area (Å²) in [7, 11) is 0. The molecule has 2 aromatic rings. The van der Waals surface area contributed by atoms with Gasteiger partial charge in [-0.15, -0.1) is 0 Å². The third kappa shape index (κ3) is 3.31. The zero-order chi connectivity index (χ0) is 15.5. The number of piperidine rings is 1. The van der Waals surface area contributed by atoms with Gasteiger partial charge in [-0.05, 0) is 18.9 Å². The van der Waals surface area contributed by atoms with Crippen LogP contribution >= 0.6 is 0 Å². The minimum absolute atomic E-state index is 0.139. The van der Waals surface area contributed by atoms with E-state index in [1.807, 2.05) is 4.68 Å². The SMILES string of the molecule is OC(CN1CCC(n2cncn2)CC1)c1ccc(F)cc1F. The highest BCUT2D eigenvalue weighted by Gasteiger charge is 2.24. The molecule has 0 bridgehead atoms. The number of likely N-dealkylation sites (tertiary alicyclic amines) is 1. The van der Waals surface area contributed by atoms with E-state index < -0.39 is 17.7 Å². The molecule has 118 valence electrons. The van der Waals surface area contributed by atoms with E-state index in [1.165, 1.54) is 18.5 Å². The number of aliphatic hydroxyl groups excluding tert-OH is 1. The normalized spacial score (nSPS) is 18.5. The minimum atomic E-state index is -0.955. The fourth-order valence-electron chi connectivity index (χ4n) is 2.89. The van der Waals surface area contributed by atoms with Crippen LogP contribution in [0.2, 0.25) is 0 Å². The van der Waals surface area contributed by atoms with Crippen molar-refractivity contribution in [2.75, 3.05) is 19.6 Å². The van der Waals surface area contributed by atoms with Gasteiger partial charge in [0.15, 0.2) is 0 Å². The summed E-state index contributed by atoms with van der Waals surface area (Å²) in [5, 5.41) is 14.3. The molecule has 1 N–H and O–H groups in total. The van der Waals surface area contributed by atoms with Gasteiger partial charge in [0.05, 0.1) is 12.1 Å². The van der Waals surface area contributed by atoms with E-state index in [0.29, 0.717) is 12.6 Å². The quantitative estimate of drug-likeness (QED) is 0.938. The molecule has 7 heteroatoms. The van der Waals surface area contributed by atoms with E-state index in [0.717, 1.165) is 32.0 Å². The van der Waals surface area contributed by atoms with Gasteiger partial charge in [-0.3, -0.25) is 0 Å². The van der Waals surface area contributed by atoms with Gasteiger partial charge in [0.25, 0.3) is 0 Å². The molecule has 2 heterocycles. The van der Waals surface area contributed by atoms with Crippen LogP contribution < -0.4 is 0 Å². The number of aromatic nitrogens is 3. The summed E-state index contributed by atoms with van der Waals surface area (Å²) in [6.07, 6.45) is 4.09. The van der Waals surface area contributed by atoms with Gasteiger partial charge in [-0.25, -0.2) is 18.4 Å². The summed E-state index contributed by atoms with van der Waals surface area (Å²) < 4.78 is 28.4. The Morgan fingerprint density at radius 2 is 2.05 bits per heavy atom. The largest absolute Gasteiger partial charge is 0.387 e. The van der Waals surface area contributed by atoms with Crippen molar-refractivity contribution in [2.45, 2.75) is 25.0 Å². The molecular weight excluding hydrogens is 290 g/mol. The highest BCUT2D eigenvalue weighted by Crippen LogP contribution is 2.24. The third-order valence-corrected chi connectivity index (χ3v) is 4.12. The zero-order valence-electron chi connectivity index (χ0n) is 12.1. The fourth-order valence-corrected chi connectivity index (χ4v) is 2.89. The van der Waals surface area contributed by atoms with Crippen LogP contribution in [0.4, 0.5) is 8.78 Å². The number of hydrogen-bond donors (Lipinski definition) is 1. The Labute approximate surface area is 127 Å².